The van der Waals surface area contributed by atoms with Crippen molar-refractivity contribution in [3.8, 4) is 5.75 Å². The van der Waals surface area contributed by atoms with E-state index in [-0.39, 0.29) is 6.04 Å². The molecule has 0 aliphatic carbocycles. The normalized spacial score (nSPS) is 12.3. The monoisotopic (exact) mass is 278 g/mol. The molecular weight excluding hydrogens is 260 g/mol. The van der Waals surface area contributed by atoms with Gasteiger partial charge in [-0.3, -0.25) is 4.98 Å². The Balaban J connectivity index is 1.86. The first-order chi connectivity index (χ1) is 10.3. The van der Waals surface area contributed by atoms with Crippen molar-refractivity contribution in [3.05, 3.63) is 71.9 Å². The Kier molecular flexibility index (Phi) is 3.84. The molecule has 106 valence electrons. The molecule has 1 heterocycles. The van der Waals surface area contributed by atoms with E-state index in [0.29, 0.717) is 0 Å². The molecule has 2 N–H and O–H groups in total. The minimum atomic E-state index is -0.0982. The van der Waals surface area contributed by atoms with Gasteiger partial charge in [0.15, 0.2) is 0 Å². The summed E-state index contributed by atoms with van der Waals surface area (Å²) >= 11 is 0. The molecule has 21 heavy (non-hydrogen) atoms. The second-order valence-corrected chi connectivity index (χ2v) is 5.09. The van der Waals surface area contributed by atoms with Crippen LogP contribution in [0.3, 0.4) is 0 Å². The van der Waals surface area contributed by atoms with E-state index in [1.54, 1.807) is 7.11 Å². The number of hydrogen-bond acceptors (Lipinski definition) is 3. The molecule has 0 saturated heterocycles. The zero-order chi connectivity index (χ0) is 14.7. The molecule has 0 fully saturated rings. The molecule has 3 heteroatoms. The maximum Gasteiger partial charge on any atom is 0.119 e. The Morgan fingerprint density at radius 3 is 2.62 bits per heavy atom. The van der Waals surface area contributed by atoms with Crippen molar-refractivity contribution in [2.75, 3.05) is 7.11 Å². The van der Waals surface area contributed by atoms with Crippen LogP contribution in [-0.2, 0) is 6.42 Å². The summed E-state index contributed by atoms with van der Waals surface area (Å²) in [6.45, 7) is 0. The van der Waals surface area contributed by atoms with E-state index in [0.717, 1.165) is 28.8 Å². The molecule has 0 amide bonds. The molecule has 1 atom stereocenters. The molecule has 3 nitrogen and oxygen atoms in total. The molecule has 0 aliphatic rings. The summed E-state index contributed by atoms with van der Waals surface area (Å²) in [4.78, 5) is 4.67. The third-order valence-corrected chi connectivity index (χ3v) is 3.60. The number of methoxy groups -OCH3 is 1. The number of aromatic nitrogens is 1. The summed E-state index contributed by atoms with van der Waals surface area (Å²) in [5.74, 6) is 0.839. The van der Waals surface area contributed by atoms with E-state index in [4.69, 9.17) is 10.5 Å². The predicted molar refractivity (Wildman–Crippen MR) is 85.4 cm³/mol. The fraction of sp³-hybridized carbons (Fsp3) is 0.167. The summed E-state index contributed by atoms with van der Waals surface area (Å²) in [6.07, 6.45) is 0.787. The highest BCUT2D eigenvalue weighted by Crippen LogP contribution is 2.22. The third kappa shape index (κ3) is 3.03. The highest BCUT2D eigenvalue weighted by atomic mass is 16.5. The smallest absolute Gasteiger partial charge is 0.119 e. The van der Waals surface area contributed by atoms with Gasteiger partial charge >= 0.3 is 0 Å². The summed E-state index contributed by atoms with van der Waals surface area (Å²) in [6, 6.07) is 20.1. The molecule has 0 spiro atoms. The first-order valence-corrected chi connectivity index (χ1v) is 7.00. The molecule has 2 aromatic carbocycles. The van der Waals surface area contributed by atoms with Crippen molar-refractivity contribution in [1.82, 2.24) is 4.98 Å². The van der Waals surface area contributed by atoms with Crippen LogP contribution >= 0.6 is 0 Å². The topological polar surface area (TPSA) is 48.1 Å². The van der Waals surface area contributed by atoms with Crippen LogP contribution in [0.1, 0.15) is 17.3 Å². The van der Waals surface area contributed by atoms with Crippen LogP contribution in [-0.4, -0.2) is 12.1 Å². The highest BCUT2D eigenvalue weighted by Gasteiger charge is 2.09. The number of fused-ring (bicyclic) bond motifs is 1. The fourth-order valence-electron chi connectivity index (χ4n) is 2.43. The van der Waals surface area contributed by atoms with Gasteiger partial charge in [0, 0.05) is 5.39 Å². The van der Waals surface area contributed by atoms with E-state index in [1.807, 2.05) is 48.5 Å². The standard InChI is InChI=1S/C18H18N2O/c1-21-15-8-10-17-14(12-15)7-9-18(20-17)16(19)11-13-5-3-2-4-6-13/h2-10,12,16H,11,19H2,1H3/t16-/m0/s1. The number of rotatable bonds is 4. The second kappa shape index (κ2) is 5.94. The van der Waals surface area contributed by atoms with Crippen molar-refractivity contribution < 1.29 is 4.74 Å². The van der Waals surface area contributed by atoms with E-state index in [1.165, 1.54) is 5.56 Å². The van der Waals surface area contributed by atoms with Gasteiger partial charge in [-0.2, -0.15) is 0 Å². The number of nitrogens with zero attached hydrogens (tertiary/aromatic N) is 1. The molecular formula is C18H18N2O. The lowest BCUT2D eigenvalue weighted by molar-refractivity contribution is 0.415. The average molecular weight is 278 g/mol. The molecule has 3 aromatic rings. The summed E-state index contributed by atoms with van der Waals surface area (Å²) in [5.41, 5.74) is 9.37. The van der Waals surface area contributed by atoms with Gasteiger partial charge in [-0.05, 0) is 36.2 Å². The van der Waals surface area contributed by atoms with Crippen LogP contribution < -0.4 is 10.5 Å². The first kappa shape index (κ1) is 13.6. The van der Waals surface area contributed by atoms with E-state index in [9.17, 15) is 0 Å². The molecule has 0 bridgehead atoms. The first-order valence-electron chi connectivity index (χ1n) is 7.00. The van der Waals surface area contributed by atoms with Gasteiger partial charge in [0.2, 0.25) is 0 Å². The lowest BCUT2D eigenvalue weighted by Crippen LogP contribution is -2.14. The van der Waals surface area contributed by atoms with Crippen LogP contribution in [0.2, 0.25) is 0 Å². The third-order valence-electron chi connectivity index (χ3n) is 3.60. The second-order valence-electron chi connectivity index (χ2n) is 5.09. The Hall–Kier alpha value is -2.39. The van der Waals surface area contributed by atoms with Crippen LogP contribution in [0.4, 0.5) is 0 Å². The Morgan fingerprint density at radius 2 is 1.86 bits per heavy atom. The van der Waals surface area contributed by atoms with Gasteiger partial charge < -0.3 is 10.5 Å². The molecule has 0 radical (unpaired) electrons. The zero-order valence-electron chi connectivity index (χ0n) is 12.0. The molecule has 0 aliphatic heterocycles. The van der Waals surface area contributed by atoms with Crippen molar-refractivity contribution in [2.45, 2.75) is 12.5 Å². The molecule has 1 aromatic heterocycles. The molecule has 3 rings (SSSR count). The van der Waals surface area contributed by atoms with Crippen LogP contribution in [0.5, 0.6) is 5.75 Å². The van der Waals surface area contributed by atoms with Crippen molar-refractivity contribution in [3.63, 3.8) is 0 Å². The number of benzene rings is 2. The minimum absolute atomic E-state index is 0.0982. The molecule has 0 saturated carbocycles. The summed E-state index contributed by atoms with van der Waals surface area (Å²) in [7, 11) is 1.67. The average Bonchev–Trinajstić information content (AvgIpc) is 2.54. The fourth-order valence-corrected chi connectivity index (χ4v) is 2.43. The van der Waals surface area contributed by atoms with Gasteiger partial charge in [0.25, 0.3) is 0 Å². The van der Waals surface area contributed by atoms with Gasteiger partial charge in [-0.15, -0.1) is 0 Å². The SMILES string of the molecule is COc1ccc2nc([C@@H](N)Cc3ccccc3)ccc2c1. The zero-order valence-corrected chi connectivity index (χ0v) is 12.0. The predicted octanol–water partition coefficient (Wildman–Crippen LogP) is 3.49. The van der Waals surface area contributed by atoms with Gasteiger partial charge in [-0.1, -0.05) is 36.4 Å². The lowest BCUT2D eigenvalue weighted by atomic mass is 10.0. The Labute approximate surface area is 124 Å². The van der Waals surface area contributed by atoms with Gasteiger partial charge in [0.05, 0.1) is 24.4 Å². The van der Waals surface area contributed by atoms with E-state index in [2.05, 4.69) is 17.1 Å². The van der Waals surface area contributed by atoms with Crippen LogP contribution in [0.25, 0.3) is 10.9 Å². The quantitative estimate of drug-likeness (QED) is 0.794. The number of hydrogen-bond donors (Lipinski definition) is 1. The number of ether oxygens (including phenoxy) is 1. The lowest BCUT2D eigenvalue weighted by Gasteiger charge is -2.12. The largest absolute Gasteiger partial charge is 0.497 e. The van der Waals surface area contributed by atoms with Crippen LogP contribution in [0, 0.1) is 0 Å². The summed E-state index contributed by atoms with van der Waals surface area (Å²) < 4.78 is 5.23. The van der Waals surface area contributed by atoms with Crippen molar-refractivity contribution in [2.24, 2.45) is 5.73 Å². The van der Waals surface area contributed by atoms with Crippen molar-refractivity contribution in [1.29, 1.82) is 0 Å². The van der Waals surface area contributed by atoms with Crippen molar-refractivity contribution >= 4 is 10.9 Å². The Morgan fingerprint density at radius 1 is 1.05 bits per heavy atom. The number of pyridine rings is 1. The van der Waals surface area contributed by atoms with Crippen LogP contribution in [0.15, 0.2) is 60.7 Å². The van der Waals surface area contributed by atoms with E-state index >= 15 is 0 Å². The van der Waals surface area contributed by atoms with Gasteiger partial charge in [-0.25, -0.2) is 0 Å². The maximum absolute atomic E-state index is 6.29. The van der Waals surface area contributed by atoms with Gasteiger partial charge in [0.1, 0.15) is 5.75 Å². The Bertz CT molecular complexity index is 741. The number of nitrogens with two attached hydrogens (primary N) is 1. The summed E-state index contributed by atoms with van der Waals surface area (Å²) in [5, 5.41) is 1.06. The van der Waals surface area contributed by atoms with E-state index < -0.39 is 0 Å². The minimum Gasteiger partial charge on any atom is -0.497 e. The molecule has 0 unspecified atom stereocenters. The highest BCUT2D eigenvalue weighted by molar-refractivity contribution is 5.80. The maximum atomic E-state index is 6.29.